The van der Waals surface area contributed by atoms with E-state index in [2.05, 4.69) is 25.2 Å². The molecule has 0 aromatic heterocycles. The van der Waals surface area contributed by atoms with Gasteiger partial charge in [-0.2, -0.15) is 0 Å². The van der Waals surface area contributed by atoms with Gasteiger partial charge >= 0.3 is 0 Å². The molecule has 0 heterocycles. The Labute approximate surface area is 90.9 Å². The molecule has 2 aliphatic rings. The molecule has 0 radical (unpaired) electrons. The fraction of sp³-hybridized carbons (Fsp3) is 0.538. The zero-order valence-corrected chi connectivity index (χ0v) is 9.20. The van der Waals surface area contributed by atoms with Crippen LogP contribution in [0.25, 0.3) is 0 Å². The molecule has 2 aliphatic carbocycles. The van der Waals surface area contributed by atoms with E-state index in [9.17, 15) is 5.11 Å². The van der Waals surface area contributed by atoms with Crippen molar-refractivity contribution < 1.29 is 9.84 Å². The third kappa shape index (κ3) is 3.24. The predicted molar refractivity (Wildman–Crippen MR) is 60.8 cm³/mol. The van der Waals surface area contributed by atoms with Crippen LogP contribution in [0.15, 0.2) is 35.1 Å². The molecule has 0 aromatic rings. The van der Waals surface area contributed by atoms with Crippen LogP contribution in [-0.4, -0.2) is 17.8 Å². The van der Waals surface area contributed by atoms with E-state index >= 15 is 0 Å². The number of hydrogen-bond acceptors (Lipinski definition) is 2. The van der Waals surface area contributed by atoms with Crippen molar-refractivity contribution in [2.75, 3.05) is 6.61 Å². The van der Waals surface area contributed by atoms with Crippen molar-refractivity contribution in [3.05, 3.63) is 35.1 Å². The number of rotatable bonds is 4. The van der Waals surface area contributed by atoms with Crippen molar-refractivity contribution in [3.63, 3.8) is 0 Å². The molecule has 0 saturated heterocycles. The summed E-state index contributed by atoms with van der Waals surface area (Å²) in [5.41, 5.74) is 2.48. The first kappa shape index (κ1) is 10.5. The van der Waals surface area contributed by atoms with Crippen molar-refractivity contribution in [3.8, 4) is 0 Å². The molecule has 1 unspecified atom stereocenters. The molecular formula is C13H18O2. The average Bonchev–Trinajstić information content (AvgIpc) is 3.00. The molecule has 82 valence electrons. The van der Waals surface area contributed by atoms with E-state index in [-0.39, 0.29) is 6.10 Å². The smallest absolute Gasteiger partial charge is 0.0937 e. The van der Waals surface area contributed by atoms with Crippen LogP contribution in [0.2, 0.25) is 0 Å². The lowest BCUT2D eigenvalue weighted by atomic mass is 10.1. The number of allylic oxidation sites excluding steroid dienone is 3. The average molecular weight is 206 g/mol. The molecule has 0 aliphatic heterocycles. The SMILES string of the molecule is CC1=CC(OCCC(O)=C2CC2)CC=C1. The molecule has 1 atom stereocenters. The molecule has 2 heteroatoms. The summed E-state index contributed by atoms with van der Waals surface area (Å²) in [6.45, 7) is 2.70. The second-order valence-corrected chi connectivity index (χ2v) is 4.26. The fourth-order valence-corrected chi connectivity index (χ4v) is 1.76. The Morgan fingerprint density at radius 1 is 1.53 bits per heavy atom. The summed E-state index contributed by atoms with van der Waals surface area (Å²) in [6.07, 6.45) is 10.4. The molecular weight excluding hydrogens is 188 g/mol. The second-order valence-electron chi connectivity index (χ2n) is 4.26. The predicted octanol–water partition coefficient (Wildman–Crippen LogP) is 3.27. The zero-order chi connectivity index (χ0) is 10.7. The minimum Gasteiger partial charge on any atom is -0.512 e. The number of aliphatic hydroxyl groups is 1. The summed E-state index contributed by atoms with van der Waals surface area (Å²) in [4.78, 5) is 0. The van der Waals surface area contributed by atoms with Crippen LogP contribution in [0, 0.1) is 0 Å². The molecule has 0 bridgehead atoms. The van der Waals surface area contributed by atoms with Crippen molar-refractivity contribution in [2.45, 2.75) is 38.7 Å². The van der Waals surface area contributed by atoms with Gasteiger partial charge in [-0.15, -0.1) is 0 Å². The standard InChI is InChI=1S/C13H18O2/c1-10-3-2-4-12(9-10)15-8-7-13(14)11-5-6-11/h2-3,9,12,14H,4-8H2,1H3. The normalized spacial score (nSPS) is 23.9. The Bertz CT molecular complexity index is 317. The lowest BCUT2D eigenvalue weighted by molar-refractivity contribution is 0.0828. The molecule has 0 spiro atoms. The second kappa shape index (κ2) is 4.67. The molecule has 0 amide bonds. The number of aliphatic hydroxyl groups excluding tert-OH is 1. The van der Waals surface area contributed by atoms with Gasteiger partial charge in [0, 0.05) is 6.42 Å². The van der Waals surface area contributed by atoms with E-state index in [0.29, 0.717) is 18.8 Å². The molecule has 15 heavy (non-hydrogen) atoms. The Kier molecular flexibility index (Phi) is 3.27. The highest BCUT2D eigenvalue weighted by atomic mass is 16.5. The first-order valence-corrected chi connectivity index (χ1v) is 5.62. The maximum atomic E-state index is 9.54. The first-order chi connectivity index (χ1) is 7.25. The zero-order valence-electron chi connectivity index (χ0n) is 9.20. The van der Waals surface area contributed by atoms with E-state index in [1.807, 2.05) is 0 Å². The van der Waals surface area contributed by atoms with Crippen molar-refractivity contribution >= 4 is 0 Å². The third-order valence-corrected chi connectivity index (χ3v) is 2.78. The van der Waals surface area contributed by atoms with E-state index in [1.54, 1.807) is 0 Å². The topological polar surface area (TPSA) is 29.5 Å². The Hall–Kier alpha value is -1.02. The van der Waals surface area contributed by atoms with Gasteiger partial charge in [-0.05, 0) is 31.8 Å². The lowest BCUT2D eigenvalue weighted by Gasteiger charge is -2.15. The summed E-state index contributed by atoms with van der Waals surface area (Å²) < 4.78 is 5.68. The molecule has 1 saturated carbocycles. The van der Waals surface area contributed by atoms with Crippen LogP contribution in [0.3, 0.4) is 0 Å². The monoisotopic (exact) mass is 206 g/mol. The van der Waals surface area contributed by atoms with Crippen molar-refractivity contribution in [1.82, 2.24) is 0 Å². The highest BCUT2D eigenvalue weighted by Crippen LogP contribution is 2.31. The van der Waals surface area contributed by atoms with Gasteiger partial charge in [0.25, 0.3) is 0 Å². The van der Waals surface area contributed by atoms with Crippen molar-refractivity contribution in [1.29, 1.82) is 0 Å². The van der Waals surface area contributed by atoms with E-state index < -0.39 is 0 Å². The van der Waals surface area contributed by atoms with Crippen LogP contribution in [-0.2, 0) is 4.74 Å². The summed E-state index contributed by atoms with van der Waals surface area (Å²) in [7, 11) is 0. The van der Waals surface area contributed by atoms with E-state index in [1.165, 1.54) is 11.1 Å². The van der Waals surface area contributed by atoms with Crippen LogP contribution < -0.4 is 0 Å². The van der Waals surface area contributed by atoms with Gasteiger partial charge in [0.05, 0.1) is 18.5 Å². The molecule has 2 nitrogen and oxygen atoms in total. The summed E-state index contributed by atoms with van der Waals surface area (Å²) >= 11 is 0. The first-order valence-electron chi connectivity index (χ1n) is 5.62. The van der Waals surface area contributed by atoms with Gasteiger partial charge in [-0.1, -0.05) is 23.8 Å². The quantitative estimate of drug-likeness (QED) is 0.715. The minimum absolute atomic E-state index is 0.201. The molecule has 0 aromatic carbocycles. The van der Waals surface area contributed by atoms with Gasteiger partial charge in [0.1, 0.15) is 0 Å². The summed E-state index contributed by atoms with van der Waals surface area (Å²) in [5, 5.41) is 9.54. The Morgan fingerprint density at radius 3 is 3.00 bits per heavy atom. The molecule has 1 N–H and O–H groups in total. The summed E-state index contributed by atoms with van der Waals surface area (Å²) in [6, 6.07) is 0. The largest absolute Gasteiger partial charge is 0.512 e. The fourth-order valence-electron chi connectivity index (χ4n) is 1.76. The van der Waals surface area contributed by atoms with Gasteiger partial charge < -0.3 is 9.84 Å². The Morgan fingerprint density at radius 2 is 2.33 bits per heavy atom. The highest BCUT2D eigenvalue weighted by Gasteiger charge is 2.17. The van der Waals surface area contributed by atoms with E-state index in [4.69, 9.17) is 4.74 Å². The van der Waals surface area contributed by atoms with E-state index in [0.717, 1.165) is 19.3 Å². The van der Waals surface area contributed by atoms with Crippen LogP contribution in [0.1, 0.15) is 32.6 Å². The minimum atomic E-state index is 0.201. The van der Waals surface area contributed by atoms with Gasteiger partial charge in [-0.3, -0.25) is 0 Å². The lowest BCUT2D eigenvalue weighted by Crippen LogP contribution is -2.12. The van der Waals surface area contributed by atoms with Crippen LogP contribution >= 0.6 is 0 Å². The van der Waals surface area contributed by atoms with Gasteiger partial charge in [-0.25, -0.2) is 0 Å². The maximum absolute atomic E-state index is 9.54. The number of hydrogen-bond donors (Lipinski definition) is 1. The van der Waals surface area contributed by atoms with Gasteiger partial charge in [0.15, 0.2) is 0 Å². The molecule has 2 rings (SSSR count). The maximum Gasteiger partial charge on any atom is 0.0937 e. The highest BCUT2D eigenvalue weighted by molar-refractivity contribution is 5.22. The summed E-state index contributed by atoms with van der Waals surface area (Å²) in [5.74, 6) is 0.557. The third-order valence-electron chi connectivity index (χ3n) is 2.78. The van der Waals surface area contributed by atoms with Crippen LogP contribution in [0.5, 0.6) is 0 Å². The number of ether oxygens (including phenoxy) is 1. The molecule has 1 fully saturated rings. The van der Waals surface area contributed by atoms with Crippen LogP contribution in [0.4, 0.5) is 0 Å². The van der Waals surface area contributed by atoms with Crippen molar-refractivity contribution in [2.24, 2.45) is 0 Å². The Balaban J connectivity index is 1.70. The van der Waals surface area contributed by atoms with Gasteiger partial charge in [0.2, 0.25) is 0 Å².